The first-order valence-corrected chi connectivity index (χ1v) is 6.18. The first kappa shape index (κ1) is 17.7. The Morgan fingerprint density at radius 1 is 0.643 bits per heavy atom. The molecule has 3 heteroatoms. The molecule has 0 spiro atoms. The van der Waals surface area contributed by atoms with Crippen LogP contribution in [0.15, 0.2) is 0 Å². The third kappa shape index (κ3) is 15.8. The summed E-state index contributed by atoms with van der Waals surface area (Å²) in [5.41, 5.74) is 0. The van der Waals surface area contributed by atoms with Crippen molar-refractivity contribution in [2.75, 3.05) is 12.4 Å². The van der Waals surface area contributed by atoms with Crippen molar-refractivity contribution in [2.45, 2.75) is 57.8 Å². The Morgan fingerprint density at radius 3 is 1.36 bits per heavy atom. The fraction of sp³-hybridized carbons (Fsp3) is 1.00. The van der Waals surface area contributed by atoms with Gasteiger partial charge in [0.05, 0.1) is 0 Å². The van der Waals surface area contributed by atoms with Crippen LogP contribution in [0.4, 0.5) is 0 Å². The van der Waals surface area contributed by atoms with Crippen LogP contribution in [0.5, 0.6) is 0 Å². The molecule has 0 aromatic carbocycles. The molecule has 1 N–H and O–H groups in total. The van der Waals surface area contributed by atoms with Gasteiger partial charge >= 0.3 is 29.6 Å². The molecule has 0 aliphatic heterocycles. The number of aliphatic hydroxyl groups excluding tert-OH is 1. The molecule has 0 aromatic heterocycles. The van der Waals surface area contributed by atoms with E-state index in [0.717, 1.165) is 12.2 Å². The number of hydrogen-bond acceptors (Lipinski definition) is 2. The maximum absolute atomic E-state index is 8.56. The van der Waals surface area contributed by atoms with Gasteiger partial charge in [-0.15, -0.1) is 0 Å². The summed E-state index contributed by atoms with van der Waals surface area (Å²) < 4.78 is 0. The van der Waals surface area contributed by atoms with Crippen LogP contribution >= 0.6 is 0 Å². The second kappa shape index (κ2) is 16.7. The first-order chi connectivity index (χ1) is 6.41. The molecule has 0 bridgehead atoms. The zero-order chi connectivity index (χ0) is 9.78. The molecule has 0 amide bonds. The standard InChI is InChI=1S/C11H24OS.Na/c12-10-8-6-4-2-1-3-5-7-9-11-13;/h12-13H,1-11H2;/q;+1/p-1. The maximum Gasteiger partial charge on any atom is 1.00 e. The second-order valence-corrected chi connectivity index (χ2v) is 4.02. The van der Waals surface area contributed by atoms with Crippen molar-refractivity contribution in [3.8, 4) is 0 Å². The molecule has 0 aliphatic rings. The molecule has 0 saturated carbocycles. The fourth-order valence-electron chi connectivity index (χ4n) is 1.45. The normalized spacial score (nSPS) is 9.86. The molecule has 0 unspecified atom stereocenters. The fourth-order valence-corrected chi connectivity index (χ4v) is 1.66. The van der Waals surface area contributed by atoms with Gasteiger partial charge in [0.25, 0.3) is 0 Å². The van der Waals surface area contributed by atoms with Crippen molar-refractivity contribution in [3.63, 3.8) is 0 Å². The monoisotopic (exact) mass is 226 g/mol. The maximum atomic E-state index is 8.56. The Balaban J connectivity index is 0. The minimum Gasteiger partial charge on any atom is -0.793 e. The van der Waals surface area contributed by atoms with Crippen LogP contribution in [-0.4, -0.2) is 17.5 Å². The van der Waals surface area contributed by atoms with Gasteiger partial charge in [0, 0.05) is 6.61 Å². The zero-order valence-electron chi connectivity index (χ0n) is 9.63. The molecule has 0 rings (SSSR count). The first-order valence-electron chi connectivity index (χ1n) is 5.60. The summed E-state index contributed by atoms with van der Waals surface area (Å²) in [5, 5.41) is 8.56. The van der Waals surface area contributed by atoms with E-state index in [4.69, 9.17) is 17.7 Å². The summed E-state index contributed by atoms with van der Waals surface area (Å²) in [6.45, 7) is 0.360. The number of unbranched alkanes of at least 4 members (excludes halogenated alkanes) is 8. The van der Waals surface area contributed by atoms with E-state index in [-0.39, 0.29) is 29.6 Å². The van der Waals surface area contributed by atoms with Gasteiger partial charge in [-0.25, -0.2) is 0 Å². The van der Waals surface area contributed by atoms with Crippen LogP contribution in [0.25, 0.3) is 0 Å². The second-order valence-electron chi connectivity index (χ2n) is 3.61. The summed E-state index contributed by atoms with van der Waals surface area (Å²) in [6, 6.07) is 0. The van der Waals surface area contributed by atoms with Crippen molar-refractivity contribution in [1.29, 1.82) is 0 Å². The average molecular weight is 226 g/mol. The molecular weight excluding hydrogens is 203 g/mol. The predicted octanol–water partition coefficient (Wildman–Crippen LogP) is 0.0405. The SMILES string of the molecule is OCCCCCCCCCCC[S-].[Na+]. The van der Waals surface area contributed by atoms with Crippen LogP contribution < -0.4 is 29.6 Å². The smallest absolute Gasteiger partial charge is 0.793 e. The Morgan fingerprint density at radius 2 is 1.00 bits per heavy atom. The molecule has 0 aromatic rings. The van der Waals surface area contributed by atoms with Gasteiger partial charge in [0.1, 0.15) is 0 Å². The Kier molecular flexibility index (Phi) is 21.1. The van der Waals surface area contributed by atoms with E-state index in [9.17, 15) is 0 Å². The van der Waals surface area contributed by atoms with Crippen molar-refractivity contribution < 1.29 is 34.7 Å². The van der Waals surface area contributed by atoms with Crippen LogP contribution in [0, 0.1) is 0 Å². The quantitative estimate of drug-likeness (QED) is 0.322. The van der Waals surface area contributed by atoms with Gasteiger partial charge in [0.2, 0.25) is 0 Å². The van der Waals surface area contributed by atoms with E-state index in [1.165, 1.54) is 51.4 Å². The predicted molar refractivity (Wildman–Crippen MR) is 60.9 cm³/mol. The Hall–Kier alpha value is 1.31. The van der Waals surface area contributed by atoms with Crippen LogP contribution in [0.2, 0.25) is 0 Å². The minimum atomic E-state index is 0. The van der Waals surface area contributed by atoms with Crippen LogP contribution in [0.1, 0.15) is 57.8 Å². The molecule has 80 valence electrons. The molecule has 0 atom stereocenters. The summed E-state index contributed by atoms with van der Waals surface area (Å²) in [4.78, 5) is 0. The van der Waals surface area contributed by atoms with Crippen molar-refractivity contribution in [2.24, 2.45) is 0 Å². The Labute approximate surface area is 117 Å². The number of hydrogen-bond donors (Lipinski definition) is 1. The summed E-state index contributed by atoms with van der Waals surface area (Å²) >= 11 is 4.88. The van der Waals surface area contributed by atoms with Crippen molar-refractivity contribution in [3.05, 3.63) is 0 Å². The number of rotatable bonds is 10. The van der Waals surface area contributed by atoms with Gasteiger partial charge < -0.3 is 17.7 Å². The minimum absolute atomic E-state index is 0. The summed E-state index contributed by atoms with van der Waals surface area (Å²) in [7, 11) is 0. The molecule has 0 radical (unpaired) electrons. The van der Waals surface area contributed by atoms with Crippen LogP contribution in [-0.2, 0) is 12.6 Å². The van der Waals surface area contributed by atoms with E-state index >= 15 is 0 Å². The molecule has 1 nitrogen and oxygen atoms in total. The van der Waals surface area contributed by atoms with Gasteiger partial charge in [-0.3, -0.25) is 0 Å². The molecule has 0 aliphatic carbocycles. The van der Waals surface area contributed by atoms with Crippen molar-refractivity contribution in [1.82, 2.24) is 0 Å². The van der Waals surface area contributed by atoms with E-state index in [2.05, 4.69) is 0 Å². The number of aliphatic hydroxyl groups is 1. The third-order valence-corrected chi connectivity index (χ3v) is 2.59. The van der Waals surface area contributed by atoms with Crippen molar-refractivity contribution >= 4 is 12.6 Å². The largest absolute Gasteiger partial charge is 1.00 e. The van der Waals surface area contributed by atoms with Gasteiger partial charge in [-0.05, 0) is 6.42 Å². The molecule has 14 heavy (non-hydrogen) atoms. The Bertz CT molecular complexity index is 81.4. The van der Waals surface area contributed by atoms with E-state index in [0.29, 0.717) is 6.61 Å². The van der Waals surface area contributed by atoms with Gasteiger partial charge in [-0.2, -0.15) is 5.75 Å². The third-order valence-electron chi connectivity index (χ3n) is 2.30. The molecule has 0 fully saturated rings. The summed E-state index contributed by atoms with van der Waals surface area (Å²) in [6.07, 6.45) is 11.4. The summed E-state index contributed by atoms with van der Waals surface area (Å²) in [5.74, 6) is 0.927. The molecule has 0 heterocycles. The molecular formula is C11H23NaOS. The molecule has 0 saturated heterocycles. The average Bonchev–Trinajstić information content (AvgIpc) is 2.16. The van der Waals surface area contributed by atoms with E-state index < -0.39 is 0 Å². The zero-order valence-corrected chi connectivity index (χ0v) is 12.5. The van der Waals surface area contributed by atoms with Gasteiger partial charge in [0.15, 0.2) is 0 Å². The van der Waals surface area contributed by atoms with E-state index in [1.54, 1.807) is 0 Å². The topological polar surface area (TPSA) is 20.2 Å². The van der Waals surface area contributed by atoms with Gasteiger partial charge in [-0.1, -0.05) is 51.4 Å². The van der Waals surface area contributed by atoms with E-state index in [1.807, 2.05) is 0 Å². The van der Waals surface area contributed by atoms with Crippen LogP contribution in [0.3, 0.4) is 0 Å².